The third kappa shape index (κ3) is 45.4. The van der Waals surface area contributed by atoms with E-state index < -0.39 is 12.1 Å². The summed E-state index contributed by atoms with van der Waals surface area (Å²) in [4.78, 5) is 12.4. The van der Waals surface area contributed by atoms with Gasteiger partial charge in [0, 0.05) is 6.42 Å². The summed E-state index contributed by atoms with van der Waals surface area (Å²) < 4.78 is 0. The zero-order chi connectivity index (χ0) is 42.1. The number of aliphatic hydroxyl groups excluding tert-OH is 2. The first-order valence-corrected chi connectivity index (χ1v) is 25.9. The van der Waals surface area contributed by atoms with Crippen LogP contribution >= 0.6 is 0 Å². The topological polar surface area (TPSA) is 69.6 Å². The van der Waals surface area contributed by atoms with Gasteiger partial charge in [-0.2, -0.15) is 0 Å². The van der Waals surface area contributed by atoms with Crippen LogP contribution in [0.5, 0.6) is 0 Å². The van der Waals surface area contributed by atoms with E-state index >= 15 is 0 Å². The molecule has 0 saturated carbocycles. The summed E-state index contributed by atoms with van der Waals surface area (Å²) in [5.41, 5.74) is 0. The second kappa shape index (κ2) is 49.7. The molecule has 0 radical (unpaired) electrons. The first-order chi connectivity index (χ1) is 28.7. The molecule has 0 aliphatic carbocycles. The molecule has 4 nitrogen and oxygen atoms in total. The minimum atomic E-state index is -0.867. The molecule has 3 N–H and O–H groups in total. The minimum absolute atomic E-state index is 0.0797. The van der Waals surface area contributed by atoms with Crippen LogP contribution in [0.4, 0.5) is 0 Å². The molecule has 58 heavy (non-hydrogen) atoms. The Balaban J connectivity index is 3.58. The molecule has 0 heterocycles. The highest BCUT2D eigenvalue weighted by molar-refractivity contribution is 5.76. The number of aliphatic hydroxyl groups is 2. The SMILES string of the molecule is CCCCCCCCCCC/C=C\C/C=C\CCCCCCCCCC(=O)NC(CO)C(O)/C=C/CC/C=C/CCCCCCCCCCCCCCCCCCC. The lowest BCUT2D eigenvalue weighted by Gasteiger charge is -2.19. The molecule has 0 bridgehead atoms. The van der Waals surface area contributed by atoms with Crippen molar-refractivity contribution in [3.05, 3.63) is 48.6 Å². The lowest BCUT2D eigenvalue weighted by atomic mass is 10.0. The molecular formula is C54H101NO3. The van der Waals surface area contributed by atoms with Crippen LogP contribution in [0.25, 0.3) is 0 Å². The highest BCUT2D eigenvalue weighted by Gasteiger charge is 2.17. The Morgan fingerprint density at radius 3 is 1.10 bits per heavy atom. The van der Waals surface area contributed by atoms with Gasteiger partial charge in [0.2, 0.25) is 5.91 Å². The Labute approximate surface area is 363 Å². The average Bonchev–Trinajstić information content (AvgIpc) is 3.23. The third-order valence-corrected chi connectivity index (χ3v) is 11.8. The molecule has 340 valence electrons. The Kier molecular flexibility index (Phi) is 48.3. The number of nitrogens with one attached hydrogen (secondary N) is 1. The van der Waals surface area contributed by atoms with E-state index in [4.69, 9.17) is 0 Å². The van der Waals surface area contributed by atoms with Crippen molar-refractivity contribution in [2.24, 2.45) is 0 Å². The summed E-state index contributed by atoms with van der Waals surface area (Å²) in [6.45, 7) is 4.31. The maximum absolute atomic E-state index is 12.4. The largest absolute Gasteiger partial charge is 0.394 e. The number of allylic oxidation sites excluding steroid dienone is 7. The van der Waals surface area contributed by atoms with Crippen molar-refractivity contribution in [3.63, 3.8) is 0 Å². The van der Waals surface area contributed by atoms with Crippen molar-refractivity contribution in [3.8, 4) is 0 Å². The molecule has 0 saturated heterocycles. The normalized spacial score (nSPS) is 13.2. The van der Waals surface area contributed by atoms with Gasteiger partial charge >= 0.3 is 0 Å². The van der Waals surface area contributed by atoms with Gasteiger partial charge in [-0.1, -0.05) is 249 Å². The maximum atomic E-state index is 12.4. The van der Waals surface area contributed by atoms with E-state index in [0.29, 0.717) is 6.42 Å². The minimum Gasteiger partial charge on any atom is -0.394 e. The summed E-state index contributed by atoms with van der Waals surface area (Å²) in [5, 5.41) is 23.1. The van der Waals surface area contributed by atoms with Crippen LogP contribution < -0.4 is 5.32 Å². The smallest absolute Gasteiger partial charge is 0.220 e. The maximum Gasteiger partial charge on any atom is 0.220 e. The lowest BCUT2D eigenvalue weighted by Crippen LogP contribution is -2.45. The van der Waals surface area contributed by atoms with Crippen molar-refractivity contribution < 1.29 is 15.0 Å². The second-order valence-electron chi connectivity index (χ2n) is 17.6. The highest BCUT2D eigenvalue weighted by atomic mass is 16.3. The number of carbonyl (C=O) groups is 1. The van der Waals surface area contributed by atoms with Gasteiger partial charge in [0.05, 0.1) is 18.8 Å². The fourth-order valence-corrected chi connectivity index (χ4v) is 7.81. The van der Waals surface area contributed by atoms with Crippen molar-refractivity contribution in [2.75, 3.05) is 6.61 Å². The second-order valence-corrected chi connectivity index (χ2v) is 17.6. The summed E-state index contributed by atoms with van der Waals surface area (Å²) in [7, 11) is 0. The first-order valence-electron chi connectivity index (χ1n) is 25.9. The number of carbonyl (C=O) groups excluding carboxylic acids is 1. The molecule has 0 fully saturated rings. The fourth-order valence-electron chi connectivity index (χ4n) is 7.81. The molecule has 0 aliphatic heterocycles. The van der Waals surface area contributed by atoms with Crippen molar-refractivity contribution in [2.45, 2.75) is 283 Å². The molecule has 2 unspecified atom stereocenters. The molecule has 4 heteroatoms. The van der Waals surface area contributed by atoms with Crippen LogP contribution in [-0.2, 0) is 4.79 Å². The zero-order valence-corrected chi connectivity index (χ0v) is 39.1. The van der Waals surface area contributed by atoms with Crippen LogP contribution in [0.3, 0.4) is 0 Å². The molecule has 0 rings (SSSR count). The van der Waals surface area contributed by atoms with Gasteiger partial charge in [0.25, 0.3) is 0 Å². The number of hydrogen-bond donors (Lipinski definition) is 3. The summed E-state index contributed by atoms with van der Waals surface area (Å²) in [6, 6.07) is -0.645. The van der Waals surface area contributed by atoms with Crippen LogP contribution in [0.1, 0.15) is 271 Å². The summed E-state index contributed by atoms with van der Waals surface area (Å²) in [5.74, 6) is -0.0797. The standard InChI is InChI=1S/C54H101NO3/c1-3-5-7-9-11-13-15-17-19-21-23-25-27-29-31-33-35-37-39-41-43-45-47-49-53(57)52(51-56)55-54(58)50-48-46-44-42-40-38-36-34-32-30-28-26-24-22-20-18-16-14-12-10-8-6-4-2/h24,26,30,32,39,41,47,49,52-53,56-57H,3-23,25,27-29,31,33-38,40,42-46,48,50-51H2,1-2H3,(H,55,58)/b26-24-,32-30-,41-39+,49-47+. The van der Waals surface area contributed by atoms with E-state index in [0.717, 1.165) is 44.9 Å². The third-order valence-electron chi connectivity index (χ3n) is 11.8. The quantitative estimate of drug-likeness (QED) is 0.0423. The monoisotopic (exact) mass is 812 g/mol. The van der Waals surface area contributed by atoms with Gasteiger partial charge < -0.3 is 15.5 Å². The number of rotatable bonds is 47. The molecule has 1 amide bonds. The predicted octanol–water partition coefficient (Wildman–Crippen LogP) is 16.7. The molecule has 0 spiro atoms. The van der Waals surface area contributed by atoms with Gasteiger partial charge in [0.15, 0.2) is 0 Å². The van der Waals surface area contributed by atoms with Crippen LogP contribution in [0.15, 0.2) is 48.6 Å². The van der Waals surface area contributed by atoms with Gasteiger partial charge in [-0.3, -0.25) is 4.79 Å². The van der Waals surface area contributed by atoms with E-state index in [-0.39, 0.29) is 12.5 Å². The number of hydrogen-bond acceptors (Lipinski definition) is 3. The van der Waals surface area contributed by atoms with Crippen LogP contribution in [0.2, 0.25) is 0 Å². The summed E-state index contributed by atoms with van der Waals surface area (Å²) in [6.07, 6.45) is 68.2. The predicted molar refractivity (Wildman–Crippen MR) is 258 cm³/mol. The van der Waals surface area contributed by atoms with E-state index in [1.54, 1.807) is 6.08 Å². The van der Waals surface area contributed by atoms with Gasteiger partial charge in [0.1, 0.15) is 0 Å². The highest BCUT2D eigenvalue weighted by Crippen LogP contribution is 2.16. The van der Waals surface area contributed by atoms with Crippen molar-refractivity contribution in [1.82, 2.24) is 5.32 Å². The van der Waals surface area contributed by atoms with Crippen molar-refractivity contribution >= 4 is 5.91 Å². The Bertz CT molecular complexity index is 923. The Morgan fingerprint density at radius 2 is 0.724 bits per heavy atom. The fraction of sp³-hybridized carbons (Fsp3) is 0.833. The zero-order valence-electron chi connectivity index (χ0n) is 39.1. The lowest BCUT2D eigenvalue weighted by molar-refractivity contribution is -0.123. The Morgan fingerprint density at radius 1 is 0.414 bits per heavy atom. The summed E-state index contributed by atoms with van der Waals surface area (Å²) >= 11 is 0. The number of amides is 1. The Hall–Kier alpha value is -1.65. The van der Waals surface area contributed by atoms with E-state index in [2.05, 4.69) is 55.6 Å². The van der Waals surface area contributed by atoms with E-state index in [9.17, 15) is 15.0 Å². The van der Waals surface area contributed by atoms with E-state index in [1.165, 1.54) is 205 Å². The molecule has 2 atom stereocenters. The van der Waals surface area contributed by atoms with Crippen LogP contribution in [-0.4, -0.2) is 34.9 Å². The van der Waals surface area contributed by atoms with Crippen LogP contribution in [0, 0.1) is 0 Å². The van der Waals surface area contributed by atoms with Gasteiger partial charge in [-0.25, -0.2) is 0 Å². The molecular weight excluding hydrogens is 711 g/mol. The molecule has 0 aliphatic rings. The average molecular weight is 812 g/mol. The molecule has 0 aromatic carbocycles. The number of unbranched alkanes of at least 4 members (excludes halogenated alkanes) is 34. The molecule has 0 aromatic rings. The first kappa shape index (κ1) is 56.4. The van der Waals surface area contributed by atoms with Crippen molar-refractivity contribution in [1.29, 1.82) is 0 Å². The van der Waals surface area contributed by atoms with E-state index in [1.807, 2.05) is 6.08 Å². The van der Waals surface area contributed by atoms with Gasteiger partial charge in [-0.15, -0.1) is 0 Å². The molecule has 0 aromatic heterocycles. The van der Waals surface area contributed by atoms with Gasteiger partial charge in [-0.05, 0) is 64.2 Å².